The van der Waals surface area contributed by atoms with Gasteiger partial charge < -0.3 is 4.90 Å². The van der Waals surface area contributed by atoms with Crippen LogP contribution in [-0.4, -0.2) is 6.29 Å². The molecular formula is C21H15NOS. The monoisotopic (exact) mass is 329 g/mol. The minimum Gasteiger partial charge on any atom is -0.301 e. The van der Waals surface area contributed by atoms with Gasteiger partial charge in [-0.15, -0.1) is 11.3 Å². The fourth-order valence-corrected chi connectivity index (χ4v) is 3.75. The first-order valence-corrected chi connectivity index (χ1v) is 8.56. The Morgan fingerprint density at radius 1 is 0.750 bits per heavy atom. The van der Waals surface area contributed by atoms with Crippen LogP contribution >= 0.6 is 11.3 Å². The van der Waals surface area contributed by atoms with E-state index in [1.54, 1.807) is 0 Å². The van der Waals surface area contributed by atoms with Crippen molar-refractivity contribution in [2.24, 2.45) is 0 Å². The number of aldehydes is 1. The third kappa shape index (κ3) is 2.59. The van der Waals surface area contributed by atoms with E-state index >= 15 is 0 Å². The highest BCUT2D eigenvalue weighted by Gasteiger charge is 2.16. The Balaban J connectivity index is 1.97. The molecule has 0 atom stereocenters. The van der Waals surface area contributed by atoms with Crippen LogP contribution in [0.25, 0.3) is 10.8 Å². The minimum absolute atomic E-state index is 0.728. The molecule has 0 amide bonds. The van der Waals surface area contributed by atoms with E-state index in [1.165, 1.54) is 22.1 Å². The molecule has 0 spiro atoms. The fourth-order valence-electron chi connectivity index (χ4n) is 2.89. The molecule has 116 valence electrons. The summed E-state index contributed by atoms with van der Waals surface area (Å²) in [6.45, 7) is 0. The van der Waals surface area contributed by atoms with E-state index in [2.05, 4.69) is 59.5 Å². The molecule has 1 heterocycles. The van der Waals surface area contributed by atoms with Gasteiger partial charge in [-0.3, -0.25) is 4.79 Å². The van der Waals surface area contributed by atoms with Crippen molar-refractivity contribution in [3.63, 3.8) is 0 Å². The van der Waals surface area contributed by atoms with Crippen molar-refractivity contribution in [3.8, 4) is 0 Å². The van der Waals surface area contributed by atoms with Crippen LogP contribution in [0.15, 0.2) is 84.9 Å². The zero-order chi connectivity index (χ0) is 16.4. The zero-order valence-corrected chi connectivity index (χ0v) is 13.7. The number of rotatable bonds is 4. The van der Waals surface area contributed by atoms with Crippen molar-refractivity contribution in [3.05, 3.63) is 89.8 Å². The number of thiophene rings is 1. The molecule has 24 heavy (non-hydrogen) atoms. The van der Waals surface area contributed by atoms with E-state index in [9.17, 15) is 4.79 Å². The molecule has 0 aliphatic heterocycles. The van der Waals surface area contributed by atoms with Gasteiger partial charge in [0.05, 0.1) is 10.6 Å². The van der Waals surface area contributed by atoms with Crippen LogP contribution in [0.2, 0.25) is 0 Å². The van der Waals surface area contributed by atoms with Gasteiger partial charge in [-0.05, 0) is 35.7 Å². The topological polar surface area (TPSA) is 20.3 Å². The summed E-state index contributed by atoms with van der Waals surface area (Å²) in [6, 6.07) is 28.8. The van der Waals surface area contributed by atoms with E-state index < -0.39 is 0 Å². The van der Waals surface area contributed by atoms with E-state index in [0.717, 1.165) is 27.5 Å². The first kappa shape index (κ1) is 14.7. The summed E-state index contributed by atoms with van der Waals surface area (Å²) in [6.07, 6.45) is 0.903. The number of nitrogens with zero attached hydrogens (tertiary/aromatic N) is 1. The second kappa shape index (κ2) is 6.30. The zero-order valence-electron chi connectivity index (χ0n) is 12.9. The molecule has 0 aliphatic carbocycles. The summed E-state index contributed by atoms with van der Waals surface area (Å²) >= 11 is 1.50. The van der Waals surface area contributed by atoms with Crippen LogP contribution in [0.3, 0.4) is 0 Å². The summed E-state index contributed by atoms with van der Waals surface area (Å²) < 4.78 is 0. The van der Waals surface area contributed by atoms with Crippen molar-refractivity contribution in [2.45, 2.75) is 0 Å². The number of benzene rings is 3. The molecule has 0 saturated carbocycles. The summed E-state index contributed by atoms with van der Waals surface area (Å²) in [4.78, 5) is 14.1. The normalized spacial score (nSPS) is 10.7. The summed E-state index contributed by atoms with van der Waals surface area (Å²) in [5.41, 5.74) is 2.19. The lowest BCUT2D eigenvalue weighted by molar-refractivity contribution is 0.112. The third-order valence-corrected chi connectivity index (χ3v) is 4.97. The van der Waals surface area contributed by atoms with Gasteiger partial charge in [-0.25, -0.2) is 0 Å². The number of carbonyl (C=O) groups is 1. The van der Waals surface area contributed by atoms with Gasteiger partial charge in [-0.2, -0.15) is 0 Å². The van der Waals surface area contributed by atoms with E-state index in [4.69, 9.17) is 0 Å². The van der Waals surface area contributed by atoms with E-state index in [1.807, 2.05) is 30.3 Å². The average Bonchev–Trinajstić information content (AvgIpc) is 3.12. The number of anilines is 3. The first-order valence-electron chi connectivity index (χ1n) is 7.75. The summed E-state index contributed by atoms with van der Waals surface area (Å²) in [7, 11) is 0. The maximum Gasteiger partial charge on any atom is 0.160 e. The lowest BCUT2D eigenvalue weighted by Gasteiger charge is -2.25. The van der Waals surface area contributed by atoms with Crippen LogP contribution in [0.1, 0.15) is 9.67 Å². The molecule has 0 fully saturated rings. The van der Waals surface area contributed by atoms with Gasteiger partial charge in [-0.1, -0.05) is 54.6 Å². The summed E-state index contributed by atoms with van der Waals surface area (Å²) in [5, 5.41) is 3.41. The molecule has 3 aromatic carbocycles. The Bertz CT molecular complexity index is 986. The highest BCUT2D eigenvalue weighted by atomic mass is 32.1. The number of hydrogen-bond acceptors (Lipinski definition) is 3. The largest absolute Gasteiger partial charge is 0.301 e. The van der Waals surface area contributed by atoms with E-state index in [0.29, 0.717) is 0 Å². The van der Waals surface area contributed by atoms with Gasteiger partial charge >= 0.3 is 0 Å². The quantitative estimate of drug-likeness (QED) is 0.416. The van der Waals surface area contributed by atoms with Crippen LogP contribution in [0.5, 0.6) is 0 Å². The third-order valence-electron chi connectivity index (χ3n) is 3.97. The standard InChI is InChI=1S/C21H15NOS/c23-15-18-13-14-21(24-18)22(17-9-2-1-3-10-17)20-12-6-8-16-7-4-5-11-19(16)20/h1-15H. The molecule has 0 aliphatic rings. The van der Waals surface area contributed by atoms with Crippen LogP contribution in [0.4, 0.5) is 16.4 Å². The predicted octanol–water partition coefficient (Wildman–Crippen LogP) is 6.18. The maximum absolute atomic E-state index is 11.1. The molecule has 4 aromatic rings. The van der Waals surface area contributed by atoms with Crippen molar-refractivity contribution in [1.29, 1.82) is 0 Å². The van der Waals surface area contributed by atoms with Crippen molar-refractivity contribution in [1.82, 2.24) is 0 Å². The second-order valence-electron chi connectivity index (χ2n) is 5.46. The molecular weight excluding hydrogens is 314 g/mol. The molecule has 0 bridgehead atoms. The molecule has 0 N–H and O–H groups in total. The number of hydrogen-bond donors (Lipinski definition) is 0. The van der Waals surface area contributed by atoms with Gasteiger partial charge in [0.25, 0.3) is 0 Å². The minimum atomic E-state index is 0.728. The number of fused-ring (bicyclic) bond motifs is 1. The van der Waals surface area contributed by atoms with Crippen LogP contribution < -0.4 is 4.90 Å². The Morgan fingerprint density at radius 3 is 2.29 bits per heavy atom. The molecule has 0 saturated heterocycles. The molecule has 3 heteroatoms. The Morgan fingerprint density at radius 2 is 1.50 bits per heavy atom. The first-order chi connectivity index (χ1) is 11.9. The molecule has 1 aromatic heterocycles. The van der Waals surface area contributed by atoms with Gasteiger partial charge in [0, 0.05) is 11.1 Å². The lowest BCUT2D eigenvalue weighted by Crippen LogP contribution is -2.08. The van der Waals surface area contributed by atoms with Gasteiger partial charge in [0.1, 0.15) is 5.00 Å². The van der Waals surface area contributed by atoms with Crippen molar-refractivity contribution >= 4 is 44.8 Å². The highest BCUT2D eigenvalue weighted by molar-refractivity contribution is 7.17. The number of carbonyl (C=O) groups excluding carboxylic acids is 1. The molecule has 4 rings (SSSR count). The Labute approximate surface area is 144 Å². The van der Waals surface area contributed by atoms with Crippen LogP contribution in [0, 0.1) is 0 Å². The maximum atomic E-state index is 11.1. The predicted molar refractivity (Wildman–Crippen MR) is 102 cm³/mol. The second-order valence-corrected chi connectivity index (χ2v) is 6.56. The fraction of sp³-hybridized carbons (Fsp3) is 0. The van der Waals surface area contributed by atoms with Crippen molar-refractivity contribution in [2.75, 3.05) is 4.90 Å². The number of para-hydroxylation sites is 1. The molecule has 2 nitrogen and oxygen atoms in total. The van der Waals surface area contributed by atoms with Gasteiger partial charge in [0.15, 0.2) is 6.29 Å². The van der Waals surface area contributed by atoms with Gasteiger partial charge in [0.2, 0.25) is 0 Å². The Kier molecular flexibility index (Phi) is 3.85. The van der Waals surface area contributed by atoms with Crippen LogP contribution in [-0.2, 0) is 0 Å². The SMILES string of the molecule is O=Cc1ccc(N(c2ccccc2)c2cccc3ccccc23)s1. The Hall–Kier alpha value is -2.91. The van der Waals surface area contributed by atoms with Crippen molar-refractivity contribution < 1.29 is 4.79 Å². The molecule has 0 radical (unpaired) electrons. The van der Waals surface area contributed by atoms with E-state index in [-0.39, 0.29) is 0 Å². The highest BCUT2D eigenvalue weighted by Crippen LogP contribution is 2.41. The summed E-state index contributed by atoms with van der Waals surface area (Å²) in [5.74, 6) is 0. The average molecular weight is 329 g/mol. The molecule has 0 unspecified atom stereocenters. The smallest absolute Gasteiger partial charge is 0.160 e. The lowest BCUT2D eigenvalue weighted by atomic mass is 10.1.